The van der Waals surface area contributed by atoms with Crippen LogP contribution in [0.25, 0.3) is 16.7 Å². The maximum atomic E-state index is 12.9. The van der Waals surface area contributed by atoms with Crippen LogP contribution in [0.4, 0.5) is 0 Å². The van der Waals surface area contributed by atoms with Gasteiger partial charge in [0, 0.05) is 59.4 Å². The Balaban J connectivity index is 1.42. The highest BCUT2D eigenvalue weighted by Gasteiger charge is 2.44. The molecule has 6 rings (SSSR count). The maximum Gasteiger partial charge on any atom is 0.164 e. The minimum atomic E-state index is 0.0148. The van der Waals surface area contributed by atoms with Crippen LogP contribution < -0.4 is 0 Å². The molecule has 3 heterocycles. The van der Waals surface area contributed by atoms with E-state index in [0.717, 1.165) is 60.6 Å². The summed E-state index contributed by atoms with van der Waals surface area (Å²) >= 11 is 0. The number of carbonyl (C=O) groups excluding carboxylic acids is 1. The van der Waals surface area contributed by atoms with Crippen LogP contribution in [0.15, 0.2) is 36.5 Å². The van der Waals surface area contributed by atoms with Crippen LogP contribution >= 0.6 is 0 Å². The Labute approximate surface area is 195 Å². The van der Waals surface area contributed by atoms with Gasteiger partial charge in [0.1, 0.15) is 0 Å². The molecular formula is C28H30N4O. The van der Waals surface area contributed by atoms with Gasteiger partial charge in [-0.25, -0.2) is 0 Å². The minimum absolute atomic E-state index is 0.0148. The summed E-state index contributed by atoms with van der Waals surface area (Å²) in [5, 5.41) is 4.60. The largest absolute Gasteiger partial charge is 0.306 e. The van der Waals surface area contributed by atoms with Crippen molar-refractivity contribution in [2.45, 2.75) is 44.9 Å². The van der Waals surface area contributed by atoms with Crippen LogP contribution in [-0.4, -0.2) is 45.6 Å². The van der Waals surface area contributed by atoms with E-state index in [9.17, 15) is 4.79 Å². The van der Waals surface area contributed by atoms with Gasteiger partial charge >= 0.3 is 0 Å². The van der Waals surface area contributed by atoms with Crippen LogP contribution in [0.3, 0.4) is 0 Å². The van der Waals surface area contributed by atoms with E-state index in [1.54, 1.807) is 0 Å². The van der Waals surface area contributed by atoms with Crippen molar-refractivity contribution in [3.8, 4) is 11.1 Å². The van der Waals surface area contributed by atoms with E-state index in [1.165, 1.54) is 27.8 Å². The number of piperidine rings is 1. The number of aryl methyl sites for hydroxylation is 2. The van der Waals surface area contributed by atoms with Crippen LogP contribution in [0.5, 0.6) is 0 Å². The van der Waals surface area contributed by atoms with Crippen molar-refractivity contribution < 1.29 is 4.79 Å². The second-order valence-corrected chi connectivity index (χ2v) is 10.2. The molecule has 3 aliphatic rings. The molecular weight excluding hydrogens is 408 g/mol. The average molecular weight is 439 g/mol. The lowest BCUT2D eigenvalue weighted by Gasteiger charge is -2.38. The Morgan fingerprint density at radius 1 is 1.00 bits per heavy atom. The lowest BCUT2D eigenvalue weighted by Crippen LogP contribution is -2.39. The quantitative estimate of drug-likeness (QED) is 0.585. The third kappa shape index (κ3) is 3.06. The summed E-state index contributed by atoms with van der Waals surface area (Å²) in [5.41, 5.74) is 11.5. The molecule has 5 nitrogen and oxygen atoms in total. The number of fused-ring (bicyclic) bond motifs is 3. The van der Waals surface area contributed by atoms with Gasteiger partial charge in [-0.3, -0.25) is 14.5 Å². The summed E-state index contributed by atoms with van der Waals surface area (Å²) in [6.45, 7) is 6.28. The summed E-state index contributed by atoms with van der Waals surface area (Å²) < 4.78 is 1.94. The third-order valence-electron chi connectivity index (χ3n) is 8.20. The van der Waals surface area contributed by atoms with Gasteiger partial charge < -0.3 is 4.90 Å². The molecule has 33 heavy (non-hydrogen) atoms. The predicted molar refractivity (Wildman–Crippen MR) is 130 cm³/mol. The van der Waals surface area contributed by atoms with Gasteiger partial charge in [-0.05, 0) is 75.7 Å². The van der Waals surface area contributed by atoms with Gasteiger partial charge in [0.2, 0.25) is 0 Å². The summed E-state index contributed by atoms with van der Waals surface area (Å²) in [6.07, 6.45) is 7.92. The first-order chi connectivity index (χ1) is 15.9. The summed E-state index contributed by atoms with van der Waals surface area (Å²) in [6, 6.07) is 8.81. The van der Waals surface area contributed by atoms with E-state index >= 15 is 0 Å². The molecule has 5 heteroatoms. The normalized spacial score (nSPS) is 19.2. The average Bonchev–Trinajstić information content (AvgIpc) is 3.42. The van der Waals surface area contributed by atoms with Crippen molar-refractivity contribution in [1.82, 2.24) is 19.7 Å². The number of allylic oxidation sites excluding steroid dienone is 1. The number of likely N-dealkylation sites (tertiary alicyclic amines) is 1. The SMILES string of the molecule is Cc1nn(C)c(C)c1-c1cnc2c(c1)C(c1ccc3c(c1)C1(CCN(C)CC1)CC3=O)=CC2. The number of hydrogen-bond donors (Lipinski definition) is 0. The Kier molecular flexibility index (Phi) is 4.50. The summed E-state index contributed by atoms with van der Waals surface area (Å²) in [4.78, 5) is 20.1. The van der Waals surface area contributed by atoms with Gasteiger partial charge in [0.15, 0.2) is 5.78 Å². The molecule has 1 aromatic carbocycles. The molecule has 1 saturated heterocycles. The number of Topliss-reactive ketones (excluding diaryl/α,β-unsaturated/α-hetero) is 1. The molecule has 0 radical (unpaired) electrons. The van der Waals surface area contributed by atoms with Crippen LogP contribution in [-0.2, 0) is 18.9 Å². The van der Waals surface area contributed by atoms with E-state index in [4.69, 9.17) is 4.98 Å². The van der Waals surface area contributed by atoms with E-state index in [-0.39, 0.29) is 5.41 Å². The van der Waals surface area contributed by atoms with Gasteiger partial charge in [0.25, 0.3) is 0 Å². The summed E-state index contributed by atoms with van der Waals surface area (Å²) in [5.74, 6) is 0.313. The molecule has 0 amide bonds. The van der Waals surface area contributed by atoms with Crippen LogP contribution in [0, 0.1) is 13.8 Å². The lowest BCUT2D eigenvalue weighted by molar-refractivity contribution is 0.0945. The highest BCUT2D eigenvalue weighted by molar-refractivity contribution is 6.03. The number of pyridine rings is 1. The molecule has 2 aliphatic carbocycles. The second-order valence-electron chi connectivity index (χ2n) is 10.2. The topological polar surface area (TPSA) is 51.0 Å². The van der Waals surface area contributed by atoms with E-state index < -0.39 is 0 Å². The van der Waals surface area contributed by atoms with Gasteiger partial charge in [-0.2, -0.15) is 5.10 Å². The Hall–Kier alpha value is -3.05. The second kappa shape index (κ2) is 7.22. The Morgan fingerprint density at radius 2 is 1.79 bits per heavy atom. The Bertz CT molecular complexity index is 1340. The fraction of sp³-hybridized carbons (Fsp3) is 0.393. The lowest BCUT2D eigenvalue weighted by atomic mass is 9.73. The predicted octanol–water partition coefficient (Wildman–Crippen LogP) is 4.64. The number of nitrogens with zero attached hydrogens (tertiary/aromatic N) is 4. The van der Waals surface area contributed by atoms with Crippen molar-refractivity contribution in [3.63, 3.8) is 0 Å². The van der Waals surface area contributed by atoms with E-state index in [2.05, 4.69) is 61.2 Å². The molecule has 0 N–H and O–H groups in total. The van der Waals surface area contributed by atoms with E-state index in [0.29, 0.717) is 12.2 Å². The van der Waals surface area contributed by atoms with Crippen LogP contribution in [0.2, 0.25) is 0 Å². The number of benzene rings is 1. The van der Waals surface area contributed by atoms with Gasteiger partial charge in [-0.15, -0.1) is 0 Å². The van der Waals surface area contributed by atoms with Crippen molar-refractivity contribution in [3.05, 3.63) is 75.9 Å². The number of carbonyl (C=O) groups is 1. The highest BCUT2D eigenvalue weighted by Crippen LogP contribution is 2.47. The molecule has 1 fully saturated rings. The molecule has 0 unspecified atom stereocenters. The summed E-state index contributed by atoms with van der Waals surface area (Å²) in [7, 11) is 4.17. The van der Waals surface area contributed by atoms with Crippen molar-refractivity contribution in [1.29, 1.82) is 0 Å². The zero-order valence-electron chi connectivity index (χ0n) is 19.9. The first kappa shape index (κ1) is 20.5. The maximum absolute atomic E-state index is 12.9. The van der Waals surface area contributed by atoms with Gasteiger partial charge in [-0.1, -0.05) is 18.2 Å². The fourth-order valence-electron chi connectivity index (χ4n) is 6.18. The molecule has 0 saturated carbocycles. The third-order valence-corrected chi connectivity index (χ3v) is 8.20. The Morgan fingerprint density at radius 3 is 2.52 bits per heavy atom. The van der Waals surface area contributed by atoms with Gasteiger partial charge in [0.05, 0.1) is 11.4 Å². The molecule has 0 atom stereocenters. The standard InChI is InChI=1S/C28H30N4O/c1-17-27(18(2)32(4)30-17)20-13-23-21(7-8-25(23)29-16-20)19-5-6-22-24(14-19)28(15-26(22)33)9-11-31(3)12-10-28/h5-7,13-14,16H,8-12,15H2,1-4H3. The molecule has 2 aromatic heterocycles. The first-order valence-corrected chi connectivity index (χ1v) is 11.9. The number of aromatic nitrogens is 3. The number of rotatable bonds is 2. The first-order valence-electron chi connectivity index (χ1n) is 11.9. The fourth-order valence-corrected chi connectivity index (χ4v) is 6.18. The number of hydrogen-bond acceptors (Lipinski definition) is 4. The monoisotopic (exact) mass is 438 g/mol. The van der Waals surface area contributed by atoms with Crippen molar-refractivity contribution in [2.75, 3.05) is 20.1 Å². The molecule has 1 spiro atoms. The van der Waals surface area contributed by atoms with Crippen molar-refractivity contribution in [2.24, 2.45) is 7.05 Å². The molecule has 0 bridgehead atoms. The zero-order valence-corrected chi connectivity index (χ0v) is 19.9. The van der Waals surface area contributed by atoms with Crippen LogP contribution in [0.1, 0.15) is 63.4 Å². The molecule has 168 valence electrons. The molecule has 1 aliphatic heterocycles. The van der Waals surface area contributed by atoms with E-state index in [1.807, 2.05) is 17.9 Å². The zero-order chi connectivity index (χ0) is 22.9. The number of ketones is 1. The minimum Gasteiger partial charge on any atom is -0.306 e. The molecule has 3 aromatic rings. The van der Waals surface area contributed by atoms with Crippen molar-refractivity contribution >= 4 is 11.4 Å². The smallest absolute Gasteiger partial charge is 0.164 e. The highest BCUT2D eigenvalue weighted by atomic mass is 16.1.